The van der Waals surface area contributed by atoms with Crippen LogP contribution in [0.1, 0.15) is 59.8 Å². The van der Waals surface area contributed by atoms with Gasteiger partial charge in [-0.15, -0.1) is 0 Å². The zero-order valence-corrected chi connectivity index (χ0v) is 34.2. The van der Waals surface area contributed by atoms with E-state index in [1.54, 1.807) is 31.6 Å². The molecule has 2 aliphatic rings. The van der Waals surface area contributed by atoms with Gasteiger partial charge in [-0.3, -0.25) is 14.6 Å². The lowest BCUT2D eigenvalue weighted by atomic mass is 10.1. The van der Waals surface area contributed by atoms with E-state index in [9.17, 15) is 18.4 Å². The minimum Gasteiger partial charge on any atom is -0.494 e. The van der Waals surface area contributed by atoms with E-state index < -0.39 is 5.97 Å². The van der Waals surface area contributed by atoms with Gasteiger partial charge in [-0.2, -0.15) is 0 Å². The molecule has 0 unspecified atom stereocenters. The van der Waals surface area contributed by atoms with Gasteiger partial charge in [0.25, 0.3) is 5.91 Å². The Morgan fingerprint density at radius 3 is 1.69 bits per heavy atom. The van der Waals surface area contributed by atoms with E-state index in [4.69, 9.17) is 14.6 Å². The Bertz CT molecular complexity index is 2330. The molecule has 0 bridgehead atoms. The fourth-order valence-electron chi connectivity index (χ4n) is 7.35. The number of carboxylic acids is 1. The van der Waals surface area contributed by atoms with Crippen molar-refractivity contribution in [1.82, 2.24) is 40.0 Å². The number of halogens is 2. The van der Waals surface area contributed by atoms with Gasteiger partial charge in [0, 0.05) is 88.0 Å². The lowest BCUT2D eigenvalue weighted by Gasteiger charge is -2.44. The molecule has 4 aromatic heterocycles. The van der Waals surface area contributed by atoms with Gasteiger partial charge < -0.3 is 34.8 Å². The number of nitrogens with zero attached hydrogens (tertiary/aromatic N) is 5. The minimum atomic E-state index is -1.09. The molecule has 0 aliphatic carbocycles. The first-order chi connectivity index (χ1) is 28.3. The average molecular weight is 811 g/mol. The number of aromatic carboxylic acids is 1. The number of rotatable bonds is 8. The number of pyridine rings is 2. The molecule has 312 valence electrons. The number of benzene rings is 2. The molecule has 13 nitrogen and oxygen atoms in total. The maximum absolute atomic E-state index is 13.3. The minimum absolute atomic E-state index is 0.0209. The van der Waals surface area contributed by atoms with Crippen molar-refractivity contribution < 1.29 is 33.0 Å². The van der Waals surface area contributed by atoms with Crippen LogP contribution < -0.4 is 14.8 Å². The molecule has 0 saturated carbocycles. The maximum Gasteiger partial charge on any atom is 0.358 e. The number of amides is 1. The topological polar surface area (TPSA) is 152 Å². The van der Waals surface area contributed by atoms with Gasteiger partial charge in [-0.05, 0) is 75.2 Å². The number of ether oxygens (including phenoxy) is 2. The van der Waals surface area contributed by atoms with Crippen LogP contribution in [0.4, 0.5) is 8.78 Å². The van der Waals surface area contributed by atoms with Crippen LogP contribution in [-0.4, -0.2) is 116 Å². The van der Waals surface area contributed by atoms with E-state index in [1.807, 2.05) is 48.2 Å². The van der Waals surface area contributed by atoms with Crippen LogP contribution >= 0.6 is 0 Å². The number of carbonyl (C=O) groups is 2. The Morgan fingerprint density at radius 1 is 0.695 bits per heavy atom. The Labute approximate surface area is 342 Å². The van der Waals surface area contributed by atoms with Gasteiger partial charge in [0.05, 0.1) is 36.3 Å². The number of piperazine rings is 2. The van der Waals surface area contributed by atoms with E-state index in [0.717, 1.165) is 54.8 Å². The highest BCUT2D eigenvalue weighted by Gasteiger charge is 2.34. The first-order valence-electron chi connectivity index (χ1n) is 19.6. The van der Waals surface area contributed by atoms with Gasteiger partial charge in [0.15, 0.2) is 22.9 Å². The van der Waals surface area contributed by atoms with Crippen LogP contribution in [0.2, 0.25) is 0 Å². The molecule has 2 saturated heterocycles. The second-order valence-corrected chi connectivity index (χ2v) is 15.1. The van der Waals surface area contributed by atoms with Crippen LogP contribution in [0.15, 0.2) is 85.2 Å². The summed E-state index contributed by atoms with van der Waals surface area (Å²) in [4.78, 5) is 45.2. The lowest BCUT2D eigenvalue weighted by Crippen LogP contribution is -2.57. The summed E-state index contributed by atoms with van der Waals surface area (Å²) in [5.74, 6) is -0.876. The fourth-order valence-corrected chi connectivity index (χ4v) is 7.35. The number of carbonyl (C=O) groups excluding carboxylic acids is 1. The Morgan fingerprint density at radius 2 is 1.19 bits per heavy atom. The lowest BCUT2D eigenvalue weighted by molar-refractivity contribution is 0.0284. The third-order valence-electron chi connectivity index (χ3n) is 10.7. The van der Waals surface area contributed by atoms with Gasteiger partial charge in [-0.25, -0.2) is 23.5 Å². The summed E-state index contributed by atoms with van der Waals surface area (Å²) in [5.41, 5.74) is 5.46. The normalized spacial score (nSPS) is 19.7. The zero-order chi connectivity index (χ0) is 42.2. The van der Waals surface area contributed by atoms with Gasteiger partial charge in [0.2, 0.25) is 0 Å². The van der Waals surface area contributed by atoms with Crippen molar-refractivity contribution in [2.75, 3.05) is 40.4 Å². The molecule has 4 atom stereocenters. The summed E-state index contributed by atoms with van der Waals surface area (Å²) in [7, 11) is 2.97. The molecule has 6 heterocycles. The third kappa shape index (κ3) is 10.6. The highest BCUT2D eigenvalue weighted by Crippen LogP contribution is 2.27. The largest absolute Gasteiger partial charge is 0.494 e. The van der Waals surface area contributed by atoms with E-state index >= 15 is 0 Å². The number of hydrogen-bond donors (Lipinski definition) is 4. The number of methoxy groups -OCH3 is 2. The van der Waals surface area contributed by atoms with Crippen molar-refractivity contribution >= 4 is 33.9 Å². The SMILES string of the molecule is COc1cc2[nH]ccc2nc1C(=O)N1C[C@H](C)N(Cc2ccc(F)cc2)C[C@H]1C.COc1cc2[nH]ccc2nc1C(=O)O.C[C@@H]1CN(Cc2ccc(F)cc2)[C@@H](C)CN1. The second-order valence-electron chi connectivity index (χ2n) is 15.1. The van der Waals surface area contributed by atoms with Crippen molar-refractivity contribution in [3.8, 4) is 11.5 Å². The second kappa shape index (κ2) is 19.2. The number of nitrogens with one attached hydrogen (secondary N) is 3. The van der Waals surface area contributed by atoms with E-state index in [1.165, 1.54) is 36.9 Å². The smallest absolute Gasteiger partial charge is 0.358 e. The average Bonchev–Trinajstić information content (AvgIpc) is 3.90. The number of aromatic nitrogens is 4. The monoisotopic (exact) mass is 810 g/mol. The quantitative estimate of drug-likeness (QED) is 0.130. The fraction of sp³-hybridized carbons (Fsp3) is 0.364. The molecule has 59 heavy (non-hydrogen) atoms. The summed E-state index contributed by atoms with van der Waals surface area (Å²) in [6.45, 7) is 13.6. The molecule has 0 radical (unpaired) electrons. The zero-order valence-electron chi connectivity index (χ0n) is 34.2. The van der Waals surface area contributed by atoms with Crippen molar-refractivity contribution in [2.24, 2.45) is 0 Å². The first kappa shape index (κ1) is 42.7. The highest BCUT2D eigenvalue weighted by atomic mass is 19.1. The van der Waals surface area contributed by atoms with Crippen molar-refractivity contribution in [3.05, 3.63) is 119 Å². The molecular formula is C44H52F2N8O5. The van der Waals surface area contributed by atoms with Crippen LogP contribution in [-0.2, 0) is 13.1 Å². The molecular weight excluding hydrogens is 759 g/mol. The summed E-state index contributed by atoms with van der Waals surface area (Å²) >= 11 is 0. The van der Waals surface area contributed by atoms with Gasteiger partial charge >= 0.3 is 5.97 Å². The Hall–Kier alpha value is -5.90. The molecule has 4 N–H and O–H groups in total. The molecule has 8 rings (SSSR count). The molecule has 6 aromatic rings. The number of hydrogen-bond acceptors (Lipinski definition) is 9. The van der Waals surface area contributed by atoms with Crippen LogP contribution in [0.5, 0.6) is 11.5 Å². The first-order valence-corrected chi connectivity index (χ1v) is 19.6. The molecule has 15 heteroatoms. The molecule has 0 spiro atoms. The van der Waals surface area contributed by atoms with Crippen molar-refractivity contribution in [1.29, 1.82) is 0 Å². The standard InChI is InChI=1S/C22H25FN4O2.C13H19FN2.C9H8N2O3/c1-14-12-27(15(2)11-26(14)13-16-4-6-17(23)7-5-16)22(28)21-20(29-3)10-19-18(25-21)8-9-24-19;1-10-8-16(11(2)7-15-10)9-12-3-5-13(14)6-4-12;1-14-7-4-6-5(2-3-10-6)11-8(7)9(12)13/h4-10,14-15,24H,11-13H2,1-3H3;3-6,10-11,15H,7-9H2,1-2H3;2-4,10H,1H3,(H,12,13)/t14-,15+;10-,11+;/m01./s1. The van der Waals surface area contributed by atoms with Gasteiger partial charge in [0.1, 0.15) is 11.6 Å². The van der Waals surface area contributed by atoms with E-state index in [2.05, 4.69) is 55.8 Å². The number of carboxylic acid groups (broad SMARTS) is 1. The number of fused-ring (bicyclic) bond motifs is 2. The molecule has 2 aliphatic heterocycles. The summed E-state index contributed by atoms with van der Waals surface area (Å²) in [5, 5.41) is 12.3. The summed E-state index contributed by atoms with van der Waals surface area (Å²) in [6, 6.07) is 21.7. The van der Waals surface area contributed by atoms with Crippen LogP contribution in [0.3, 0.4) is 0 Å². The van der Waals surface area contributed by atoms with E-state index in [0.29, 0.717) is 35.6 Å². The molecule has 1 amide bonds. The third-order valence-corrected chi connectivity index (χ3v) is 10.7. The van der Waals surface area contributed by atoms with Gasteiger partial charge in [-0.1, -0.05) is 24.3 Å². The summed E-state index contributed by atoms with van der Waals surface area (Å²) in [6.07, 6.45) is 3.49. The van der Waals surface area contributed by atoms with E-state index in [-0.39, 0.29) is 41.1 Å². The molecule has 2 fully saturated rings. The number of aromatic amines is 2. The Balaban J connectivity index is 0.000000164. The van der Waals surface area contributed by atoms with Crippen molar-refractivity contribution in [2.45, 2.75) is 65.0 Å². The summed E-state index contributed by atoms with van der Waals surface area (Å²) < 4.78 is 36.3. The predicted octanol–water partition coefficient (Wildman–Crippen LogP) is 6.72. The van der Waals surface area contributed by atoms with Crippen molar-refractivity contribution in [3.63, 3.8) is 0 Å². The number of H-pyrrole nitrogens is 2. The molecule has 2 aromatic carbocycles. The Kier molecular flexibility index (Phi) is 13.9. The van der Waals surface area contributed by atoms with Crippen LogP contribution in [0.25, 0.3) is 22.1 Å². The predicted molar refractivity (Wildman–Crippen MR) is 223 cm³/mol. The highest BCUT2D eigenvalue weighted by molar-refractivity contribution is 5.98. The maximum atomic E-state index is 13.3. The van der Waals surface area contributed by atoms with Crippen LogP contribution in [0, 0.1) is 11.6 Å².